The molecule has 1 aliphatic rings. The van der Waals surface area contributed by atoms with E-state index >= 15 is 0 Å². The molecule has 6 heteroatoms. The molecule has 0 N–H and O–H groups in total. The second-order valence-corrected chi connectivity index (χ2v) is 5.88. The number of aromatic nitrogens is 1. The molecular weight excluding hydrogens is 237 g/mol. The van der Waals surface area contributed by atoms with Gasteiger partial charge in [0.1, 0.15) is 0 Å². The number of thiazole rings is 1. The predicted octanol–water partition coefficient (Wildman–Crippen LogP) is 1.76. The average Bonchev–Trinajstić information content (AvgIpc) is 2.76. The molecule has 2 rings (SSSR count). The van der Waals surface area contributed by atoms with E-state index in [-0.39, 0.29) is 15.7 Å². The van der Waals surface area contributed by atoms with Crippen molar-refractivity contribution in [2.24, 2.45) is 0 Å². The van der Waals surface area contributed by atoms with Crippen molar-refractivity contribution in [1.29, 1.82) is 0 Å². The normalized spacial score (nSPS) is 28.6. The number of ether oxygens (including phenoxy) is 1. The van der Waals surface area contributed by atoms with Gasteiger partial charge in [0.25, 0.3) is 5.19 Å². The van der Waals surface area contributed by atoms with Gasteiger partial charge < -0.3 is 14.0 Å². The lowest BCUT2D eigenvalue weighted by atomic mass is 9.86. The van der Waals surface area contributed by atoms with Gasteiger partial charge >= 0.3 is 7.12 Å². The Hall–Kier alpha value is -0.585. The van der Waals surface area contributed by atoms with Crippen LogP contribution in [-0.2, 0) is 9.31 Å². The van der Waals surface area contributed by atoms with Crippen molar-refractivity contribution < 1.29 is 22.3 Å². The number of aryl methyl sites for hydroxylation is 1. The quantitative estimate of drug-likeness (QED) is 0.761. The molecule has 94 valence electrons. The molecule has 17 heavy (non-hydrogen) atoms. The third-order valence-electron chi connectivity index (χ3n) is 3.19. The van der Waals surface area contributed by atoms with Crippen LogP contribution in [0.15, 0.2) is 0 Å². The SMILES string of the molecule is [2H]C([2H])([2H])Oc1nc(C([2H])([2H])[2H])c(B2OC(C)(C)C(C)(C)O2)s1. The van der Waals surface area contributed by atoms with Crippen molar-refractivity contribution in [2.45, 2.75) is 45.7 Å². The predicted molar refractivity (Wildman–Crippen MR) is 69.1 cm³/mol. The Morgan fingerprint density at radius 3 is 2.47 bits per heavy atom. The Bertz CT molecular complexity index is 582. The molecule has 0 bridgehead atoms. The molecule has 0 saturated carbocycles. The first-order valence-corrected chi connectivity index (χ1v) is 6.00. The van der Waals surface area contributed by atoms with E-state index in [9.17, 15) is 0 Å². The first kappa shape index (κ1) is 7.11. The Kier molecular flexibility index (Phi) is 1.66. The molecule has 1 aromatic heterocycles. The highest BCUT2D eigenvalue weighted by Gasteiger charge is 2.52. The third kappa shape index (κ3) is 2.09. The van der Waals surface area contributed by atoms with E-state index in [1.807, 2.05) is 27.7 Å². The van der Waals surface area contributed by atoms with E-state index in [1.54, 1.807) is 0 Å². The maximum Gasteiger partial charge on any atom is 0.507 e. The first-order valence-electron chi connectivity index (χ1n) is 8.18. The van der Waals surface area contributed by atoms with Gasteiger partial charge in [-0.1, -0.05) is 11.3 Å². The van der Waals surface area contributed by atoms with Gasteiger partial charge in [-0.15, -0.1) is 0 Å². The molecule has 0 atom stereocenters. The molecule has 4 nitrogen and oxygen atoms in total. The number of hydrogen-bond donors (Lipinski definition) is 0. The lowest BCUT2D eigenvalue weighted by molar-refractivity contribution is 0.00578. The van der Waals surface area contributed by atoms with E-state index in [4.69, 9.17) is 22.3 Å². The van der Waals surface area contributed by atoms with E-state index in [0.717, 1.165) is 11.3 Å². The molecule has 0 spiro atoms. The van der Waals surface area contributed by atoms with E-state index in [2.05, 4.69) is 4.98 Å². The van der Waals surface area contributed by atoms with E-state index < -0.39 is 32.2 Å². The summed E-state index contributed by atoms with van der Waals surface area (Å²) < 4.78 is 60.7. The number of nitrogens with zero attached hydrogens (tertiary/aromatic N) is 1. The minimum absolute atomic E-state index is 0.197. The van der Waals surface area contributed by atoms with Crippen molar-refractivity contribution >= 4 is 23.2 Å². The van der Waals surface area contributed by atoms with Crippen LogP contribution in [0.5, 0.6) is 5.19 Å². The molecule has 1 aliphatic heterocycles. The maximum atomic E-state index is 7.59. The number of methoxy groups -OCH3 is 1. The molecule has 0 aromatic carbocycles. The van der Waals surface area contributed by atoms with Gasteiger partial charge in [-0.25, -0.2) is 4.98 Å². The summed E-state index contributed by atoms with van der Waals surface area (Å²) in [5.74, 6) is 0. The first-order chi connectivity index (χ1) is 10.1. The van der Waals surface area contributed by atoms with Crippen molar-refractivity contribution in [3.05, 3.63) is 5.69 Å². The van der Waals surface area contributed by atoms with Gasteiger partial charge in [0.2, 0.25) is 0 Å². The van der Waals surface area contributed by atoms with Gasteiger partial charge in [-0.05, 0) is 34.5 Å². The molecule has 0 radical (unpaired) electrons. The third-order valence-corrected chi connectivity index (χ3v) is 4.14. The minimum Gasteiger partial charge on any atom is -0.473 e. The van der Waals surface area contributed by atoms with Crippen LogP contribution in [0.1, 0.15) is 41.6 Å². The fourth-order valence-electron chi connectivity index (χ4n) is 1.47. The van der Waals surface area contributed by atoms with Crippen molar-refractivity contribution in [3.8, 4) is 5.19 Å². The van der Waals surface area contributed by atoms with Crippen molar-refractivity contribution in [3.63, 3.8) is 0 Å². The van der Waals surface area contributed by atoms with Crippen LogP contribution < -0.4 is 9.51 Å². The molecule has 0 unspecified atom stereocenters. The molecule has 0 amide bonds. The summed E-state index contributed by atoms with van der Waals surface area (Å²) in [6, 6.07) is 0. The van der Waals surface area contributed by atoms with Crippen molar-refractivity contribution in [2.75, 3.05) is 7.04 Å². The zero-order valence-corrected chi connectivity index (χ0v) is 11.0. The monoisotopic (exact) mass is 261 g/mol. The highest BCUT2D eigenvalue weighted by atomic mass is 32.1. The van der Waals surface area contributed by atoms with Crippen LogP contribution >= 0.6 is 11.3 Å². The summed E-state index contributed by atoms with van der Waals surface area (Å²) in [6.07, 6.45) is 0. The summed E-state index contributed by atoms with van der Waals surface area (Å²) in [5, 5.41) is -0.249. The summed E-state index contributed by atoms with van der Waals surface area (Å²) >= 11 is 0.809. The lowest BCUT2D eigenvalue weighted by Crippen LogP contribution is -2.41. The van der Waals surface area contributed by atoms with Crippen LogP contribution in [-0.4, -0.2) is 30.3 Å². The second-order valence-electron chi connectivity index (χ2n) is 4.88. The average molecular weight is 261 g/mol. The summed E-state index contributed by atoms with van der Waals surface area (Å²) in [7, 11) is -3.65. The lowest BCUT2D eigenvalue weighted by Gasteiger charge is -2.32. The van der Waals surface area contributed by atoms with Crippen LogP contribution in [0.4, 0.5) is 0 Å². The molecule has 1 saturated heterocycles. The second kappa shape index (κ2) is 3.97. The largest absolute Gasteiger partial charge is 0.507 e. The zero-order chi connectivity index (χ0) is 17.8. The topological polar surface area (TPSA) is 40.6 Å². The fraction of sp³-hybridized carbons (Fsp3) is 0.727. The zero-order valence-electron chi connectivity index (χ0n) is 16.2. The summed E-state index contributed by atoms with van der Waals surface area (Å²) in [6.45, 7) is 4.81. The molecule has 0 aliphatic carbocycles. The minimum atomic E-state index is -2.71. The molecule has 1 fully saturated rings. The smallest absolute Gasteiger partial charge is 0.473 e. The standard InChI is InChI=1S/C11H18BNO3S/c1-7-8(17-9(13-7)14-6)12-15-10(2,3)11(4,5)16-12/h1-6H3/i1D3,6D3. The maximum absolute atomic E-state index is 7.59. The number of hydrogen-bond acceptors (Lipinski definition) is 5. The Balaban J connectivity index is 2.42. The van der Waals surface area contributed by atoms with Crippen LogP contribution in [0.25, 0.3) is 0 Å². The summed E-state index contributed by atoms with van der Waals surface area (Å²) in [5.41, 5.74) is -1.57. The Morgan fingerprint density at radius 2 is 1.94 bits per heavy atom. The van der Waals surface area contributed by atoms with Gasteiger partial charge in [0.15, 0.2) is 0 Å². The fourth-order valence-corrected chi connectivity index (χ4v) is 2.17. The highest BCUT2D eigenvalue weighted by molar-refractivity contribution is 7.23. The number of rotatable bonds is 2. The van der Waals surface area contributed by atoms with Crippen LogP contribution in [0, 0.1) is 6.85 Å². The van der Waals surface area contributed by atoms with E-state index in [1.165, 1.54) is 0 Å². The summed E-state index contributed by atoms with van der Waals surface area (Å²) in [4.78, 5) is 3.82. The van der Waals surface area contributed by atoms with Crippen LogP contribution in [0.2, 0.25) is 0 Å². The highest BCUT2D eigenvalue weighted by Crippen LogP contribution is 2.37. The van der Waals surface area contributed by atoms with Gasteiger partial charge in [-0.3, -0.25) is 0 Å². The van der Waals surface area contributed by atoms with Gasteiger partial charge in [0, 0.05) is 4.11 Å². The Morgan fingerprint density at radius 1 is 1.29 bits per heavy atom. The molecule has 2 heterocycles. The van der Waals surface area contributed by atoms with Crippen LogP contribution in [0.3, 0.4) is 0 Å². The molecular formula is C11H18BNO3S. The van der Waals surface area contributed by atoms with Gasteiger partial charge in [0.05, 0.1) is 32.8 Å². The van der Waals surface area contributed by atoms with Gasteiger partial charge in [-0.2, -0.15) is 0 Å². The van der Waals surface area contributed by atoms with E-state index in [0.29, 0.717) is 0 Å². The Labute approximate surface area is 115 Å². The van der Waals surface area contributed by atoms with Crippen molar-refractivity contribution in [1.82, 2.24) is 4.98 Å². The molecule has 1 aromatic rings.